The Kier molecular flexibility index (Phi) is 6.63. The second-order valence-corrected chi connectivity index (χ2v) is 10.5. The molecule has 29 heavy (non-hydrogen) atoms. The van der Waals surface area contributed by atoms with Crippen LogP contribution in [0.2, 0.25) is 0 Å². The van der Waals surface area contributed by atoms with Crippen molar-refractivity contribution >= 4 is 21.7 Å². The zero-order valence-electron chi connectivity index (χ0n) is 17.0. The van der Waals surface area contributed by atoms with Gasteiger partial charge in [-0.25, -0.2) is 8.42 Å². The third kappa shape index (κ3) is 4.98. The molecule has 1 saturated heterocycles. The number of rotatable bonds is 7. The SMILES string of the molecule is CC(C)NC1CCC(N2CCC(C(=O)O)C2=O)C(CS(=O)(=O)c2ccccc2)C1. The molecule has 1 saturated carbocycles. The van der Waals surface area contributed by atoms with Crippen molar-refractivity contribution < 1.29 is 23.1 Å². The van der Waals surface area contributed by atoms with E-state index in [-0.39, 0.29) is 47.0 Å². The van der Waals surface area contributed by atoms with Crippen LogP contribution >= 0.6 is 0 Å². The number of carbonyl (C=O) groups excluding carboxylic acids is 1. The van der Waals surface area contributed by atoms with E-state index in [1.807, 2.05) is 0 Å². The van der Waals surface area contributed by atoms with Crippen molar-refractivity contribution in [3.63, 3.8) is 0 Å². The number of carboxylic acid groups (broad SMARTS) is 1. The predicted molar refractivity (Wildman–Crippen MR) is 109 cm³/mol. The van der Waals surface area contributed by atoms with Crippen LogP contribution in [-0.2, 0) is 19.4 Å². The minimum atomic E-state index is -3.50. The van der Waals surface area contributed by atoms with Gasteiger partial charge in [0.1, 0.15) is 5.92 Å². The highest BCUT2D eigenvalue weighted by atomic mass is 32.2. The molecular formula is C21H30N2O5S. The van der Waals surface area contributed by atoms with Gasteiger partial charge in [0.05, 0.1) is 10.6 Å². The summed E-state index contributed by atoms with van der Waals surface area (Å²) in [6.45, 7) is 4.50. The fourth-order valence-electron chi connectivity index (χ4n) is 4.73. The van der Waals surface area contributed by atoms with E-state index in [1.165, 1.54) is 0 Å². The van der Waals surface area contributed by atoms with E-state index in [2.05, 4.69) is 19.2 Å². The number of carboxylic acids is 1. The summed E-state index contributed by atoms with van der Waals surface area (Å²) in [4.78, 5) is 25.9. The quantitative estimate of drug-likeness (QED) is 0.651. The first-order valence-corrected chi connectivity index (χ1v) is 11.9. The second-order valence-electron chi connectivity index (χ2n) is 8.46. The van der Waals surface area contributed by atoms with E-state index >= 15 is 0 Å². The topological polar surface area (TPSA) is 104 Å². The number of carbonyl (C=O) groups is 2. The Hall–Kier alpha value is -1.93. The van der Waals surface area contributed by atoms with Crippen LogP contribution in [0.4, 0.5) is 0 Å². The molecule has 0 aromatic heterocycles. The van der Waals surface area contributed by atoms with Crippen LogP contribution in [0, 0.1) is 11.8 Å². The Balaban J connectivity index is 1.83. The van der Waals surface area contributed by atoms with Crippen LogP contribution in [0.15, 0.2) is 35.2 Å². The van der Waals surface area contributed by atoms with Crippen LogP contribution < -0.4 is 5.32 Å². The molecule has 4 atom stereocenters. The van der Waals surface area contributed by atoms with E-state index in [0.29, 0.717) is 19.4 Å². The molecule has 2 fully saturated rings. The molecule has 1 aliphatic heterocycles. The summed E-state index contributed by atoms with van der Waals surface area (Å²) in [6, 6.07) is 8.61. The molecular weight excluding hydrogens is 392 g/mol. The monoisotopic (exact) mass is 422 g/mol. The number of benzene rings is 1. The first kappa shape index (κ1) is 21.8. The lowest BCUT2D eigenvalue weighted by Crippen LogP contribution is -2.51. The molecule has 0 radical (unpaired) electrons. The van der Waals surface area contributed by atoms with E-state index < -0.39 is 21.7 Å². The predicted octanol–water partition coefficient (Wildman–Crippen LogP) is 1.93. The third-order valence-corrected chi connectivity index (χ3v) is 7.84. The summed E-state index contributed by atoms with van der Waals surface area (Å²) in [5, 5.41) is 12.8. The summed E-state index contributed by atoms with van der Waals surface area (Å²) < 4.78 is 26.1. The summed E-state index contributed by atoms with van der Waals surface area (Å²) in [6.07, 6.45) is 2.45. The zero-order chi connectivity index (χ0) is 21.2. The van der Waals surface area contributed by atoms with Crippen LogP contribution in [0.25, 0.3) is 0 Å². The maximum atomic E-state index is 13.0. The molecule has 2 N–H and O–H groups in total. The second kappa shape index (κ2) is 8.83. The largest absolute Gasteiger partial charge is 0.481 e. The van der Waals surface area contributed by atoms with Gasteiger partial charge in [-0.05, 0) is 43.7 Å². The minimum Gasteiger partial charge on any atom is -0.481 e. The number of hydrogen-bond donors (Lipinski definition) is 2. The molecule has 8 heteroatoms. The number of sulfone groups is 1. The number of hydrogen-bond acceptors (Lipinski definition) is 5. The Morgan fingerprint density at radius 2 is 1.90 bits per heavy atom. The van der Waals surface area contributed by atoms with Crippen molar-refractivity contribution in [3.05, 3.63) is 30.3 Å². The Bertz CT molecular complexity index is 840. The van der Waals surface area contributed by atoms with Crippen molar-refractivity contribution in [1.82, 2.24) is 10.2 Å². The highest BCUT2D eigenvalue weighted by Gasteiger charge is 2.45. The van der Waals surface area contributed by atoms with Gasteiger partial charge < -0.3 is 15.3 Å². The van der Waals surface area contributed by atoms with E-state index in [4.69, 9.17) is 0 Å². The molecule has 1 aliphatic carbocycles. The van der Waals surface area contributed by atoms with Crippen LogP contribution in [0.3, 0.4) is 0 Å². The Morgan fingerprint density at radius 1 is 1.21 bits per heavy atom. The summed E-state index contributed by atoms with van der Waals surface area (Å²) >= 11 is 0. The molecule has 0 spiro atoms. The van der Waals surface area contributed by atoms with Gasteiger partial charge in [-0.1, -0.05) is 32.0 Å². The maximum absolute atomic E-state index is 13.0. The fraction of sp³-hybridized carbons (Fsp3) is 0.619. The van der Waals surface area contributed by atoms with Crippen molar-refractivity contribution in [3.8, 4) is 0 Å². The maximum Gasteiger partial charge on any atom is 0.316 e. The lowest BCUT2D eigenvalue weighted by molar-refractivity contribution is -0.148. The molecule has 2 aliphatic rings. The number of amides is 1. The molecule has 1 aromatic rings. The van der Waals surface area contributed by atoms with Gasteiger partial charge in [0.15, 0.2) is 9.84 Å². The van der Waals surface area contributed by atoms with Gasteiger partial charge in [-0.3, -0.25) is 9.59 Å². The molecule has 4 unspecified atom stereocenters. The average molecular weight is 423 g/mol. The van der Waals surface area contributed by atoms with Crippen molar-refractivity contribution in [1.29, 1.82) is 0 Å². The lowest BCUT2D eigenvalue weighted by Gasteiger charge is -2.41. The molecule has 1 heterocycles. The molecule has 1 amide bonds. The average Bonchev–Trinajstić information content (AvgIpc) is 3.03. The van der Waals surface area contributed by atoms with Crippen LogP contribution in [0.1, 0.15) is 39.5 Å². The highest BCUT2D eigenvalue weighted by molar-refractivity contribution is 7.91. The van der Waals surface area contributed by atoms with Crippen molar-refractivity contribution in [2.75, 3.05) is 12.3 Å². The van der Waals surface area contributed by atoms with Crippen molar-refractivity contribution in [2.24, 2.45) is 11.8 Å². The van der Waals surface area contributed by atoms with Gasteiger partial charge in [-0.15, -0.1) is 0 Å². The first-order valence-electron chi connectivity index (χ1n) is 10.3. The van der Waals surface area contributed by atoms with Crippen molar-refractivity contribution in [2.45, 2.75) is 62.6 Å². The van der Waals surface area contributed by atoms with E-state index in [9.17, 15) is 23.1 Å². The fourth-order valence-corrected chi connectivity index (χ4v) is 6.41. The van der Waals surface area contributed by atoms with Gasteiger partial charge in [-0.2, -0.15) is 0 Å². The molecule has 0 bridgehead atoms. The van der Waals surface area contributed by atoms with Crippen LogP contribution in [-0.4, -0.2) is 60.7 Å². The van der Waals surface area contributed by atoms with Crippen LogP contribution in [0.5, 0.6) is 0 Å². The summed E-state index contributed by atoms with van der Waals surface area (Å²) in [5.74, 6) is -2.75. The molecule has 3 rings (SSSR count). The lowest BCUT2D eigenvalue weighted by atomic mass is 9.81. The minimum absolute atomic E-state index is 0.0422. The number of nitrogens with zero attached hydrogens (tertiary/aromatic N) is 1. The van der Waals surface area contributed by atoms with Gasteiger partial charge in [0.2, 0.25) is 5.91 Å². The Labute approximate surface area is 172 Å². The molecule has 7 nitrogen and oxygen atoms in total. The van der Waals surface area contributed by atoms with E-state index in [0.717, 1.165) is 6.42 Å². The summed E-state index contributed by atoms with van der Waals surface area (Å²) in [5.41, 5.74) is 0. The van der Waals surface area contributed by atoms with E-state index in [1.54, 1.807) is 35.2 Å². The number of likely N-dealkylation sites (tertiary alicyclic amines) is 1. The molecule has 160 valence electrons. The van der Waals surface area contributed by atoms with Gasteiger partial charge in [0, 0.05) is 24.7 Å². The third-order valence-electron chi connectivity index (χ3n) is 5.99. The number of nitrogens with one attached hydrogen (secondary N) is 1. The molecule has 1 aromatic carbocycles. The standard InChI is InChI=1S/C21H30N2O5S/c1-14(2)22-16-8-9-19(23-11-10-18(20(23)24)21(25)26)15(12-16)13-29(27,28)17-6-4-3-5-7-17/h3-7,14-16,18-19,22H,8-13H2,1-2H3,(H,25,26). The Morgan fingerprint density at radius 3 is 2.48 bits per heavy atom. The smallest absolute Gasteiger partial charge is 0.316 e. The zero-order valence-corrected chi connectivity index (χ0v) is 17.8. The van der Waals surface area contributed by atoms with Gasteiger partial charge >= 0.3 is 5.97 Å². The first-order chi connectivity index (χ1) is 13.7. The summed E-state index contributed by atoms with van der Waals surface area (Å²) in [7, 11) is -3.50. The van der Waals surface area contributed by atoms with Gasteiger partial charge in [0.25, 0.3) is 0 Å². The highest BCUT2D eigenvalue weighted by Crippen LogP contribution is 2.35. The normalized spacial score (nSPS) is 28.1. The number of aliphatic carboxylic acids is 1.